The Bertz CT molecular complexity index is 1170. The molecule has 3 aromatic rings. The molecule has 0 bridgehead atoms. The summed E-state index contributed by atoms with van der Waals surface area (Å²) in [5.41, 5.74) is 1.62. The molecule has 3 rings (SSSR count). The maximum atomic E-state index is 13.7. The van der Waals surface area contributed by atoms with Crippen LogP contribution in [0.4, 0.5) is 0 Å². The molecule has 3 aromatic carbocycles. The zero-order chi connectivity index (χ0) is 27.4. The quantitative estimate of drug-likeness (QED) is 0.152. The third-order valence-electron chi connectivity index (χ3n) is 5.54. The summed E-state index contributed by atoms with van der Waals surface area (Å²) in [5.74, 6) is 0.454. The van der Waals surface area contributed by atoms with Gasteiger partial charge in [-0.1, -0.05) is 66.7 Å². The molecule has 38 heavy (non-hydrogen) atoms. The molecular formula is C30H37O7P. The van der Waals surface area contributed by atoms with Crippen LogP contribution in [-0.4, -0.2) is 30.9 Å². The van der Waals surface area contributed by atoms with Crippen LogP contribution in [0, 0.1) is 0 Å². The zero-order valence-corrected chi connectivity index (χ0v) is 23.4. The van der Waals surface area contributed by atoms with Gasteiger partial charge in [-0.25, -0.2) is 0 Å². The SMILES string of the molecule is CCOP(=O)(OCC)C(Cc1ccc(OCc2ccccc2)c(OCc2ccccc2)c1)C(=O)OC(C)C. The number of rotatable bonds is 15. The zero-order valence-electron chi connectivity index (χ0n) is 22.5. The van der Waals surface area contributed by atoms with Gasteiger partial charge in [0.15, 0.2) is 17.2 Å². The minimum Gasteiger partial charge on any atom is -0.485 e. The molecule has 0 radical (unpaired) electrons. The molecule has 1 unspecified atom stereocenters. The molecule has 0 fully saturated rings. The van der Waals surface area contributed by atoms with Crippen molar-refractivity contribution in [2.24, 2.45) is 0 Å². The normalized spacial score (nSPS) is 12.2. The highest BCUT2D eigenvalue weighted by Gasteiger charge is 2.42. The number of carbonyl (C=O) groups excluding carboxylic acids is 1. The minimum absolute atomic E-state index is 0.0868. The first-order valence-corrected chi connectivity index (χ1v) is 14.5. The highest BCUT2D eigenvalue weighted by molar-refractivity contribution is 7.55. The Kier molecular flexibility index (Phi) is 11.4. The monoisotopic (exact) mass is 540 g/mol. The molecular weight excluding hydrogens is 503 g/mol. The van der Waals surface area contributed by atoms with Crippen LogP contribution in [0.2, 0.25) is 0 Å². The summed E-state index contributed by atoms with van der Waals surface area (Å²) in [6.07, 6.45) is -0.288. The first-order chi connectivity index (χ1) is 18.3. The fourth-order valence-electron chi connectivity index (χ4n) is 3.82. The number of benzene rings is 3. The average molecular weight is 541 g/mol. The van der Waals surface area contributed by atoms with Gasteiger partial charge in [-0.2, -0.15) is 0 Å². The third kappa shape index (κ3) is 8.73. The minimum atomic E-state index is -3.80. The Hall–Kier alpha value is -3.12. The molecule has 7 nitrogen and oxygen atoms in total. The Morgan fingerprint density at radius 1 is 0.737 bits per heavy atom. The van der Waals surface area contributed by atoms with Gasteiger partial charge in [-0.3, -0.25) is 9.36 Å². The van der Waals surface area contributed by atoms with E-state index in [1.807, 2.05) is 66.7 Å². The maximum Gasteiger partial charge on any atom is 0.345 e. The summed E-state index contributed by atoms with van der Waals surface area (Å²) >= 11 is 0. The molecule has 0 aliphatic carbocycles. The van der Waals surface area contributed by atoms with E-state index in [1.54, 1.807) is 39.8 Å². The van der Waals surface area contributed by atoms with Crippen LogP contribution in [0.25, 0.3) is 0 Å². The van der Waals surface area contributed by atoms with Gasteiger partial charge < -0.3 is 23.3 Å². The van der Waals surface area contributed by atoms with E-state index in [0.29, 0.717) is 30.3 Å². The van der Waals surface area contributed by atoms with Crippen molar-refractivity contribution in [1.82, 2.24) is 0 Å². The van der Waals surface area contributed by atoms with Crippen molar-refractivity contribution >= 4 is 13.6 Å². The molecule has 0 aliphatic rings. The van der Waals surface area contributed by atoms with E-state index >= 15 is 0 Å². The average Bonchev–Trinajstić information content (AvgIpc) is 2.91. The van der Waals surface area contributed by atoms with Crippen molar-refractivity contribution in [1.29, 1.82) is 0 Å². The number of hydrogen-bond acceptors (Lipinski definition) is 7. The van der Waals surface area contributed by atoms with E-state index in [1.165, 1.54) is 0 Å². The standard InChI is InChI=1S/C30H37O7P/c1-5-35-38(32,36-6-2)29(30(31)37-23(3)4)20-26-17-18-27(33-21-24-13-9-7-10-14-24)28(19-26)34-22-25-15-11-8-12-16-25/h7-19,23,29H,5-6,20-22H2,1-4H3. The molecule has 0 heterocycles. The summed E-state index contributed by atoms with van der Waals surface area (Å²) in [7, 11) is -3.80. The Balaban J connectivity index is 1.90. The van der Waals surface area contributed by atoms with Gasteiger partial charge in [-0.15, -0.1) is 0 Å². The molecule has 0 amide bonds. The summed E-state index contributed by atoms with van der Waals surface area (Å²) < 4.78 is 42.4. The fourth-order valence-corrected chi connectivity index (χ4v) is 5.73. The van der Waals surface area contributed by atoms with E-state index in [4.69, 9.17) is 23.3 Å². The third-order valence-corrected chi connectivity index (χ3v) is 7.93. The lowest BCUT2D eigenvalue weighted by Crippen LogP contribution is -2.30. The smallest absolute Gasteiger partial charge is 0.345 e. The second-order valence-corrected chi connectivity index (χ2v) is 11.1. The van der Waals surface area contributed by atoms with Gasteiger partial charge in [0.05, 0.1) is 19.3 Å². The van der Waals surface area contributed by atoms with Crippen molar-refractivity contribution in [2.75, 3.05) is 13.2 Å². The van der Waals surface area contributed by atoms with Crippen LogP contribution < -0.4 is 9.47 Å². The van der Waals surface area contributed by atoms with Gasteiger partial charge in [0.25, 0.3) is 0 Å². The van der Waals surface area contributed by atoms with Gasteiger partial charge in [0.2, 0.25) is 0 Å². The van der Waals surface area contributed by atoms with Crippen LogP contribution in [0.15, 0.2) is 78.9 Å². The van der Waals surface area contributed by atoms with E-state index in [-0.39, 0.29) is 25.7 Å². The second kappa shape index (κ2) is 14.7. The molecule has 0 spiro atoms. The maximum absolute atomic E-state index is 13.7. The van der Waals surface area contributed by atoms with Gasteiger partial charge in [0, 0.05) is 0 Å². The Morgan fingerprint density at radius 2 is 1.26 bits per heavy atom. The van der Waals surface area contributed by atoms with E-state index in [9.17, 15) is 9.36 Å². The molecule has 0 aromatic heterocycles. The molecule has 0 saturated carbocycles. The van der Waals surface area contributed by atoms with Gasteiger partial charge in [0.1, 0.15) is 13.2 Å². The first-order valence-electron chi connectivity index (χ1n) is 12.9. The van der Waals surface area contributed by atoms with Gasteiger partial charge >= 0.3 is 13.6 Å². The largest absolute Gasteiger partial charge is 0.485 e. The van der Waals surface area contributed by atoms with Crippen molar-refractivity contribution in [2.45, 2.75) is 59.1 Å². The second-order valence-electron chi connectivity index (χ2n) is 8.91. The summed E-state index contributed by atoms with van der Waals surface area (Å²) in [6, 6.07) is 25.1. The number of esters is 1. The first kappa shape index (κ1) is 29.4. The van der Waals surface area contributed by atoms with Crippen LogP contribution in [0.3, 0.4) is 0 Å². The highest BCUT2D eigenvalue weighted by Crippen LogP contribution is 2.54. The Morgan fingerprint density at radius 3 is 1.76 bits per heavy atom. The van der Waals surface area contributed by atoms with Gasteiger partial charge in [-0.05, 0) is 62.9 Å². The van der Waals surface area contributed by atoms with Crippen molar-refractivity contribution in [3.63, 3.8) is 0 Å². The molecule has 0 N–H and O–H groups in total. The molecule has 8 heteroatoms. The van der Waals surface area contributed by atoms with E-state index < -0.39 is 19.2 Å². The molecule has 0 aliphatic heterocycles. The van der Waals surface area contributed by atoms with Crippen molar-refractivity contribution in [3.05, 3.63) is 95.6 Å². The van der Waals surface area contributed by atoms with Crippen LogP contribution in [0.1, 0.15) is 44.4 Å². The summed E-state index contributed by atoms with van der Waals surface area (Å²) in [6.45, 7) is 7.90. The lowest BCUT2D eigenvalue weighted by Gasteiger charge is -2.26. The van der Waals surface area contributed by atoms with Crippen molar-refractivity contribution in [3.8, 4) is 11.5 Å². The summed E-state index contributed by atoms with van der Waals surface area (Å²) in [4.78, 5) is 13.1. The fraction of sp³-hybridized carbons (Fsp3) is 0.367. The number of carbonyl (C=O) groups is 1. The van der Waals surface area contributed by atoms with Crippen molar-refractivity contribution < 1.29 is 32.6 Å². The number of ether oxygens (including phenoxy) is 3. The lowest BCUT2D eigenvalue weighted by molar-refractivity contribution is -0.147. The van der Waals surface area contributed by atoms with E-state index in [0.717, 1.165) is 11.1 Å². The topological polar surface area (TPSA) is 80.3 Å². The number of hydrogen-bond donors (Lipinski definition) is 0. The molecule has 204 valence electrons. The Labute approximate surface area is 225 Å². The van der Waals surface area contributed by atoms with Crippen LogP contribution in [-0.2, 0) is 42.8 Å². The van der Waals surface area contributed by atoms with Crippen LogP contribution >= 0.6 is 7.60 Å². The predicted octanol–water partition coefficient (Wildman–Crippen LogP) is 6.97. The molecule has 0 saturated heterocycles. The highest BCUT2D eigenvalue weighted by atomic mass is 31.2. The lowest BCUT2D eigenvalue weighted by atomic mass is 10.1. The summed E-state index contributed by atoms with van der Waals surface area (Å²) in [5, 5.41) is 0. The molecule has 1 atom stereocenters. The van der Waals surface area contributed by atoms with E-state index in [2.05, 4.69) is 0 Å². The predicted molar refractivity (Wildman–Crippen MR) is 148 cm³/mol. The van der Waals surface area contributed by atoms with Crippen LogP contribution in [0.5, 0.6) is 11.5 Å².